The number of aliphatic hydroxyl groups excluding tert-OH is 1. The van der Waals surface area contributed by atoms with E-state index < -0.39 is 0 Å². The minimum Gasteiger partial charge on any atom is -0.496 e. The lowest BCUT2D eigenvalue weighted by atomic mass is 10.0. The minimum atomic E-state index is 0.145. The highest BCUT2D eigenvalue weighted by molar-refractivity contribution is 5.43. The van der Waals surface area contributed by atoms with Gasteiger partial charge in [0.05, 0.1) is 25.7 Å². The lowest BCUT2D eigenvalue weighted by Gasteiger charge is -2.23. The van der Waals surface area contributed by atoms with Gasteiger partial charge in [-0.1, -0.05) is 6.07 Å². The Morgan fingerprint density at radius 3 is 2.59 bits per heavy atom. The molecule has 5 heteroatoms. The van der Waals surface area contributed by atoms with Crippen molar-refractivity contribution in [3.8, 4) is 5.75 Å². The third kappa shape index (κ3) is 3.67. The molecule has 0 fully saturated rings. The number of aromatic nitrogens is 2. The Morgan fingerprint density at radius 1 is 1.23 bits per heavy atom. The summed E-state index contributed by atoms with van der Waals surface area (Å²) in [6.07, 6.45) is 3.67. The molecule has 0 radical (unpaired) electrons. The molecule has 0 aliphatic heterocycles. The maximum absolute atomic E-state index is 9.33. The molecule has 1 N–H and O–H groups in total. The molecule has 0 bridgehead atoms. The van der Waals surface area contributed by atoms with E-state index in [-0.39, 0.29) is 6.61 Å². The maximum Gasteiger partial charge on any atom is 0.122 e. The second-order valence-corrected chi connectivity index (χ2v) is 5.61. The van der Waals surface area contributed by atoms with Gasteiger partial charge in [0.1, 0.15) is 5.75 Å². The van der Waals surface area contributed by atoms with E-state index >= 15 is 0 Å². The highest BCUT2D eigenvalue weighted by Gasteiger charge is 2.12. The molecule has 0 atom stereocenters. The number of rotatable bonds is 7. The minimum absolute atomic E-state index is 0.145. The summed E-state index contributed by atoms with van der Waals surface area (Å²) in [6, 6.07) is 4.12. The zero-order valence-electron chi connectivity index (χ0n) is 13.8. The number of aliphatic hydroxyl groups is 1. The van der Waals surface area contributed by atoms with E-state index in [0.29, 0.717) is 6.54 Å². The summed E-state index contributed by atoms with van der Waals surface area (Å²) in [5, 5.41) is 9.33. The summed E-state index contributed by atoms with van der Waals surface area (Å²) < 4.78 is 7.38. The van der Waals surface area contributed by atoms with Crippen LogP contribution in [-0.2, 0) is 20.1 Å². The number of aryl methyl sites for hydroxylation is 1. The van der Waals surface area contributed by atoms with Gasteiger partial charge in [-0.15, -0.1) is 0 Å². The fourth-order valence-corrected chi connectivity index (χ4v) is 2.61. The summed E-state index contributed by atoms with van der Waals surface area (Å²) in [5.41, 5.74) is 4.81. The van der Waals surface area contributed by atoms with Crippen molar-refractivity contribution in [2.24, 2.45) is 7.05 Å². The normalized spacial score (nSPS) is 11.2. The fourth-order valence-electron chi connectivity index (χ4n) is 2.61. The summed E-state index contributed by atoms with van der Waals surface area (Å²) in [7, 11) is 3.68. The first kappa shape index (κ1) is 16.5. The van der Waals surface area contributed by atoms with Gasteiger partial charge in [0.25, 0.3) is 0 Å². The topological polar surface area (TPSA) is 50.5 Å². The highest BCUT2D eigenvalue weighted by Crippen LogP contribution is 2.25. The zero-order valence-corrected chi connectivity index (χ0v) is 13.8. The first-order chi connectivity index (χ1) is 10.6. The second-order valence-electron chi connectivity index (χ2n) is 5.61. The van der Waals surface area contributed by atoms with Crippen molar-refractivity contribution < 1.29 is 9.84 Å². The molecule has 0 spiro atoms. The number of methoxy groups -OCH3 is 1. The number of ether oxygens (including phenoxy) is 1. The lowest BCUT2D eigenvalue weighted by molar-refractivity contribution is 0.181. The van der Waals surface area contributed by atoms with Crippen LogP contribution in [0.1, 0.15) is 22.4 Å². The van der Waals surface area contributed by atoms with E-state index in [4.69, 9.17) is 4.74 Å². The molecule has 1 aromatic carbocycles. The second kappa shape index (κ2) is 7.42. The van der Waals surface area contributed by atoms with Crippen molar-refractivity contribution in [2.75, 3.05) is 20.3 Å². The van der Waals surface area contributed by atoms with Crippen molar-refractivity contribution in [1.82, 2.24) is 14.5 Å². The molecule has 0 aliphatic carbocycles. The Hall–Kier alpha value is -1.85. The Morgan fingerprint density at radius 2 is 2.00 bits per heavy atom. The van der Waals surface area contributed by atoms with Gasteiger partial charge in [-0.2, -0.15) is 0 Å². The standard InChI is InChI=1S/C17H25N3O2/c1-13-14(2)17(22-4)6-5-15(13)10-20(7-8-21)11-16-9-18-12-19(16)3/h5-6,9,12,21H,7-8,10-11H2,1-4H3. The van der Waals surface area contributed by atoms with Crippen LogP contribution in [0.5, 0.6) is 5.75 Å². The number of nitrogens with zero attached hydrogens (tertiary/aromatic N) is 3. The molecule has 0 aliphatic rings. The Balaban J connectivity index is 2.17. The van der Waals surface area contributed by atoms with Gasteiger partial charge in [0.2, 0.25) is 0 Å². The number of imidazole rings is 1. The van der Waals surface area contributed by atoms with Crippen LogP contribution in [0.4, 0.5) is 0 Å². The van der Waals surface area contributed by atoms with Gasteiger partial charge in [-0.05, 0) is 36.6 Å². The summed E-state index contributed by atoms with van der Waals surface area (Å²) >= 11 is 0. The van der Waals surface area contributed by atoms with Crippen molar-refractivity contribution in [3.05, 3.63) is 47.0 Å². The summed E-state index contributed by atoms with van der Waals surface area (Å²) in [6.45, 7) is 6.54. The number of hydrogen-bond acceptors (Lipinski definition) is 4. The lowest BCUT2D eigenvalue weighted by Crippen LogP contribution is -2.27. The van der Waals surface area contributed by atoms with Crippen LogP contribution in [0.2, 0.25) is 0 Å². The Kier molecular flexibility index (Phi) is 5.57. The first-order valence-corrected chi connectivity index (χ1v) is 7.48. The largest absolute Gasteiger partial charge is 0.496 e. The van der Waals surface area contributed by atoms with E-state index in [1.165, 1.54) is 16.7 Å². The fraction of sp³-hybridized carbons (Fsp3) is 0.471. The molecule has 0 unspecified atom stereocenters. The molecule has 0 saturated carbocycles. The van der Waals surface area contributed by atoms with Gasteiger partial charge in [-0.25, -0.2) is 4.98 Å². The van der Waals surface area contributed by atoms with Gasteiger partial charge in [-0.3, -0.25) is 4.90 Å². The van der Waals surface area contributed by atoms with Crippen molar-refractivity contribution in [2.45, 2.75) is 26.9 Å². The van der Waals surface area contributed by atoms with Crippen molar-refractivity contribution in [3.63, 3.8) is 0 Å². The monoisotopic (exact) mass is 303 g/mol. The SMILES string of the molecule is COc1ccc(CN(CCO)Cc2cncn2C)c(C)c1C. The van der Waals surface area contributed by atoms with Gasteiger partial charge >= 0.3 is 0 Å². The average molecular weight is 303 g/mol. The molecular formula is C17H25N3O2. The third-order valence-corrected chi connectivity index (χ3v) is 4.18. The molecule has 0 amide bonds. The van der Waals surface area contributed by atoms with Gasteiger partial charge < -0.3 is 14.4 Å². The molecule has 2 rings (SSSR count). The van der Waals surface area contributed by atoms with E-state index in [1.807, 2.05) is 23.9 Å². The van der Waals surface area contributed by atoms with Gasteiger partial charge in [0, 0.05) is 32.9 Å². The van der Waals surface area contributed by atoms with Gasteiger partial charge in [0.15, 0.2) is 0 Å². The van der Waals surface area contributed by atoms with Crippen LogP contribution in [0.25, 0.3) is 0 Å². The molecule has 1 aromatic heterocycles. The Labute approximate surface area is 132 Å². The molecule has 120 valence electrons. The highest BCUT2D eigenvalue weighted by atomic mass is 16.5. The maximum atomic E-state index is 9.33. The van der Waals surface area contributed by atoms with E-state index in [1.54, 1.807) is 13.4 Å². The van der Waals surface area contributed by atoms with E-state index in [2.05, 4.69) is 29.8 Å². The van der Waals surface area contributed by atoms with Crippen LogP contribution in [-0.4, -0.2) is 39.8 Å². The van der Waals surface area contributed by atoms with Crippen molar-refractivity contribution >= 4 is 0 Å². The molecule has 1 heterocycles. The zero-order chi connectivity index (χ0) is 16.1. The molecule has 2 aromatic rings. The average Bonchev–Trinajstić information content (AvgIpc) is 2.90. The smallest absolute Gasteiger partial charge is 0.122 e. The van der Waals surface area contributed by atoms with Crippen LogP contribution >= 0.6 is 0 Å². The third-order valence-electron chi connectivity index (χ3n) is 4.18. The van der Waals surface area contributed by atoms with E-state index in [9.17, 15) is 5.11 Å². The molecule has 5 nitrogen and oxygen atoms in total. The number of benzene rings is 1. The van der Waals surface area contributed by atoms with Crippen LogP contribution in [0.15, 0.2) is 24.7 Å². The molecule has 0 saturated heterocycles. The van der Waals surface area contributed by atoms with Crippen LogP contribution in [0, 0.1) is 13.8 Å². The molecular weight excluding hydrogens is 278 g/mol. The molecule has 22 heavy (non-hydrogen) atoms. The predicted octanol–water partition coefficient (Wildman–Crippen LogP) is 2.04. The number of hydrogen-bond donors (Lipinski definition) is 1. The first-order valence-electron chi connectivity index (χ1n) is 7.48. The predicted molar refractivity (Wildman–Crippen MR) is 86.9 cm³/mol. The van der Waals surface area contributed by atoms with Crippen LogP contribution < -0.4 is 4.74 Å². The summed E-state index contributed by atoms with van der Waals surface area (Å²) in [4.78, 5) is 6.38. The quantitative estimate of drug-likeness (QED) is 0.850. The van der Waals surface area contributed by atoms with Crippen LogP contribution in [0.3, 0.4) is 0 Å². The Bertz CT molecular complexity index is 622. The summed E-state index contributed by atoms with van der Waals surface area (Å²) in [5.74, 6) is 0.918. The van der Waals surface area contributed by atoms with Crippen molar-refractivity contribution in [1.29, 1.82) is 0 Å². The van der Waals surface area contributed by atoms with E-state index in [0.717, 1.165) is 24.5 Å².